The van der Waals surface area contributed by atoms with Crippen LogP contribution in [-0.4, -0.2) is 41.3 Å². The SMILES string of the molecule is O=C(CN1CCCCCC1=O)NCCc1c[nH]c2ccccc12. The van der Waals surface area contributed by atoms with Crippen LogP contribution in [0.4, 0.5) is 0 Å². The first-order chi connectivity index (χ1) is 11.2. The van der Waals surface area contributed by atoms with Crippen LogP contribution in [0.15, 0.2) is 30.5 Å². The second-order valence-electron chi connectivity index (χ2n) is 6.09. The average molecular weight is 313 g/mol. The number of nitrogens with zero attached hydrogens (tertiary/aromatic N) is 1. The third-order valence-electron chi connectivity index (χ3n) is 4.40. The first-order valence-corrected chi connectivity index (χ1v) is 8.33. The Labute approximate surface area is 136 Å². The molecule has 1 aromatic carbocycles. The zero-order valence-electron chi connectivity index (χ0n) is 13.3. The van der Waals surface area contributed by atoms with Gasteiger partial charge in [0.15, 0.2) is 0 Å². The van der Waals surface area contributed by atoms with E-state index in [0.29, 0.717) is 19.5 Å². The van der Waals surface area contributed by atoms with Crippen molar-refractivity contribution in [3.05, 3.63) is 36.0 Å². The number of carbonyl (C=O) groups is 2. The summed E-state index contributed by atoms with van der Waals surface area (Å²) in [6.45, 7) is 1.48. The van der Waals surface area contributed by atoms with Gasteiger partial charge in [-0.1, -0.05) is 24.6 Å². The number of benzene rings is 1. The Kier molecular flexibility index (Phi) is 4.95. The van der Waals surface area contributed by atoms with Crippen LogP contribution >= 0.6 is 0 Å². The van der Waals surface area contributed by atoms with Gasteiger partial charge in [-0.2, -0.15) is 0 Å². The summed E-state index contributed by atoms with van der Waals surface area (Å²) >= 11 is 0. The fourth-order valence-corrected chi connectivity index (χ4v) is 3.11. The molecular formula is C18H23N3O2. The van der Waals surface area contributed by atoms with Crippen molar-refractivity contribution in [1.29, 1.82) is 0 Å². The van der Waals surface area contributed by atoms with Crippen LogP contribution in [0.3, 0.4) is 0 Å². The minimum Gasteiger partial charge on any atom is -0.361 e. The fourth-order valence-electron chi connectivity index (χ4n) is 3.11. The minimum absolute atomic E-state index is 0.0694. The van der Waals surface area contributed by atoms with Gasteiger partial charge in [0.2, 0.25) is 11.8 Å². The third kappa shape index (κ3) is 3.92. The van der Waals surface area contributed by atoms with E-state index in [9.17, 15) is 9.59 Å². The number of carbonyl (C=O) groups excluding carboxylic acids is 2. The molecule has 122 valence electrons. The summed E-state index contributed by atoms with van der Waals surface area (Å²) in [5, 5.41) is 4.13. The summed E-state index contributed by atoms with van der Waals surface area (Å²) in [4.78, 5) is 28.9. The smallest absolute Gasteiger partial charge is 0.239 e. The standard InChI is InChI=1S/C18H23N3O2/c22-17(13-21-11-5-1-2-8-18(21)23)19-10-9-14-12-20-16-7-4-3-6-15(14)16/h3-4,6-7,12,20H,1-2,5,8-11,13H2,(H,19,22). The Morgan fingerprint density at radius 2 is 2.09 bits per heavy atom. The van der Waals surface area contributed by atoms with Crippen molar-refractivity contribution in [2.45, 2.75) is 32.1 Å². The molecule has 3 rings (SSSR count). The van der Waals surface area contributed by atoms with E-state index in [1.54, 1.807) is 4.90 Å². The number of aromatic amines is 1. The van der Waals surface area contributed by atoms with Crippen LogP contribution in [-0.2, 0) is 16.0 Å². The average Bonchev–Trinajstić information content (AvgIpc) is 2.86. The van der Waals surface area contributed by atoms with Gasteiger partial charge in [0.25, 0.3) is 0 Å². The lowest BCUT2D eigenvalue weighted by atomic mass is 10.1. The third-order valence-corrected chi connectivity index (χ3v) is 4.40. The number of hydrogen-bond acceptors (Lipinski definition) is 2. The van der Waals surface area contributed by atoms with Gasteiger partial charge in [-0.05, 0) is 30.9 Å². The number of nitrogens with one attached hydrogen (secondary N) is 2. The van der Waals surface area contributed by atoms with Gasteiger partial charge in [0, 0.05) is 36.6 Å². The van der Waals surface area contributed by atoms with Crippen molar-refractivity contribution in [3.8, 4) is 0 Å². The lowest BCUT2D eigenvalue weighted by molar-refractivity contribution is -0.135. The van der Waals surface area contributed by atoms with E-state index in [1.165, 1.54) is 10.9 Å². The number of likely N-dealkylation sites (tertiary alicyclic amines) is 1. The van der Waals surface area contributed by atoms with Crippen molar-refractivity contribution < 1.29 is 9.59 Å². The highest BCUT2D eigenvalue weighted by molar-refractivity contribution is 5.85. The van der Waals surface area contributed by atoms with Gasteiger partial charge in [-0.25, -0.2) is 0 Å². The lowest BCUT2D eigenvalue weighted by Gasteiger charge is -2.19. The molecular weight excluding hydrogens is 290 g/mol. The molecule has 1 aliphatic rings. The molecule has 23 heavy (non-hydrogen) atoms. The van der Waals surface area contributed by atoms with Gasteiger partial charge in [0.1, 0.15) is 0 Å². The van der Waals surface area contributed by atoms with E-state index in [0.717, 1.165) is 31.2 Å². The molecule has 1 aliphatic heterocycles. The summed E-state index contributed by atoms with van der Waals surface area (Å²) in [5.41, 5.74) is 2.32. The molecule has 1 fully saturated rings. The molecule has 2 heterocycles. The van der Waals surface area contributed by atoms with Crippen molar-refractivity contribution in [2.75, 3.05) is 19.6 Å². The minimum atomic E-state index is -0.0694. The van der Waals surface area contributed by atoms with Gasteiger partial charge in [-0.15, -0.1) is 0 Å². The van der Waals surface area contributed by atoms with Gasteiger partial charge in [-0.3, -0.25) is 9.59 Å². The molecule has 2 aromatic rings. The molecule has 1 aromatic heterocycles. The highest BCUT2D eigenvalue weighted by atomic mass is 16.2. The molecule has 0 bridgehead atoms. The van der Waals surface area contributed by atoms with Gasteiger partial charge >= 0.3 is 0 Å². The van der Waals surface area contributed by atoms with E-state index in [1.807, 2.05) is 24.4 Å². The largest absolute Gasteiger partial charge is 0.361 e. The lowest BCUT2D eigenvalue weighted by Crippen LogP contribution is -2.41. The fraction of sp³-hybridized carbons (Fsp3) is 0.444. The van der Waals surface area contributed by atoms with Crippen molar-refractivity contribution in [3.63, 3.8) is 0 Å². The first kappa shape index (κ1) is 15.6. The molecule has 0 spiro atoms. The Balaban J connectivity index is 1.48. The second kappa shape index (κ2) is 7.31. The number of hydrogen-bond donors (Lipinski definition) is 2. The number of para-hydroxylation sites is 1. The van der Waals surface area contributed by atoms with E-state index in [-0.39, 0.29) is 18.4 Å². The van der Waals surface area contributed by atoms with Crippen LogP contribution in [0.5, 0.6) is 0 Å². The number of H-pyrrole nitrogens is 1. The van der Waals surface area contributed by atoms with Crippen molar-refractivity contribution >= 4 is 22.7 Å². The Hall–Kier alpha value is -2.30. The predicted molar refractivity (Wildman–Crippen MR) is 90.1 cm³/mol. The summed E-state index contributed by atoms with van der Waals surface area (Å²) in [6, 6.07) is 8.15. The van der Waals surface area contributed by atoms with E-state index in [2.05, 4.69) is 16.4 Å². The first-order valence-electron chi connectivity index (χ1n) is 8.33. The van der Waals surface area contributed by atoms with Crippen molar-refractivity contribution in [2.24, 2.45) is 0 Å². The Morgan fingerprint density at radius 1 is 1.22 bits per heavy atom. The molecule has 1 saturated heterocycles. The zero-order chi connectivity index (χ0) is 16.1. The maximum absolute atomic E-state index is 12.0. The molecule has 2 amide bonds. The van der Waals surface area contributed by atoms with Crippen LogP contribution < -0.4 is 5.32 Å². The number of amides is 2. The highest BCUT2D eigenvalue weighted by Gasteiger charge is 2.18. The van der Waals surface area contributed by atoms with Crippen LogP contribution in [0.2, 0.25) is 0 Å². The highest BCUT2D eigenvalue weighted by Crippen LogP contribution is 2.17. The normalized spacial score (nSPS) is 15.7. The Morgan fingerprint density at radius 3 is 3.00 bits per heavy atom. The second-order valence-corrected chi connectivity index (χ2v) is 6.09. The molecule has 0 atom stereocenters. The van der Waals surface area contributed by atoms with Gasteiger partial charge < -0.3 is 15.2 Å². The van der Waals surface area contributed by atoms with Crippen LogP contribution in [0, 0.1) is 0 Å². The number of aromatic nitrogens is 1. The maximum atomic E-state index is 12.0. The summed E-state index contributed by atoms with van der Waals surface area (Å²) < 4.78 is 0. The van der Waals surface area contributed by atoms with Crippen LogP contribution in [0.1, 0.15) is 31.2 Å². The molecule has 0 saturated carbocycles. The van der Waals surface area contributed by atoms with E-state index < -0.39 is 0 Å². The predicted octanol–water partition coefficient (Wildman–Crippen LogP) is 2.23. The topological polar surface area (TPSA) is 65.2 Å². The Bertz CT molecular complexity index is 692. The molecule has 0 aliphatic carbocycles. The van der Waals surface area contributed by atoms with E-state index >= 15 is 0 Å². The summed E-state index contributed by atoms with van der Waals surface area (Å²) in [5.74, 6) is 0.0365. The molecule has 0 unspecified atom stereocenters. The quantitative estimate of drug-likeness (QED) is 0.889. The summed E-state index contributed by atoms with van der Waals surface area (Å²) in [6.07, 6.45) is 6.36. The monoisotopic (exact) mass is 313 g/mol. The van der Waals surface area contributed by atoms with Crippen molar-refractivity contribution in [1.82, 2.24) is 15.2 Å². The molecule has 2 N–H and O–H groups in total. The zero-order valence-corrected chi connectivity index (χ0v) is 13.3. The van der Waals surface area contributed by atoms with E-state index in [4.69, 9.17) is 0 Å². The van der Waals surface area contributed by atoms with Crippen LogP contribution in [0.25, 0.3) is 10.9 Å². The van der Waals surface area contributed by atoms with Gasteiger partial charge in [0.05, 0.1) is 6.54 Å². The molecule has 5 heteroatoms. The molecule has 5 nitrogen and oxygen atoms in total. The maximum Gasteiger partial charge on any atom is 0.239 e. The molecule has 0 radical (unpaired) electrons. The summed E-state index contributed by atoms with van der Waals surface area (Å²) in [7, 11) is 0. The number of rotatable bonds is 5. The number of fused-ring (bicyclic) bond motifs is 1.